The summed E-state index contributed by atoms with van der Waals surface area (Å²) in [4.78, 5) is 0. The molecule has 2 aliphatic carbocycles. The van der Waals surface area contributed by atoms with Crippen LogP contribution in [0.1, 0.15) is 37.9 Å². The summed E-state index contributed by atoms with van der Waals surface area (Å²) in [7, 11) is 0. The Morgan fingerprint density at radius 1 is 1.29 bits per heavy atom. The van der Waals surface area contributed by atoms with E-state index < -0.39 is 0 Å². The lowest BCUT2D eigenvalue weighted by atomic mass is 9.91. The van der Waals surface area contributed by atoms with Gasteiger partial charge in [0.1, 0.15) is 5.75 Å². The molecule has 0 radical (unpaired) electrons. The van der Waals surface area contributed by atoms with Gasteiger partial charge in [0.2, 0.25) is 0 Å². The summed E-state index contributed by atoms with van der Waals surface area (Å²) in [5.74, 6) is 3.18. The van der Waals surface area contributed by atoms with Gasteiger partial charge in [-0.15, -0.1) is 0 Å². The van der Waals surface area contributed by atoms with Crippen molar-refractivity contribution in [3.05, 3.63) is 29.8 Å². The van der Waals surface area contributed by atoms with E-state index in [9.17, 15) is 5.11 Å². The predicted octanol–water partition coefficient (Wildman–Crippen LogP) is 3.16. The quantitative estimate of drug-likeness (QED) is 0.864. The van der Waals surface area contributed by atoms with Crippen LogP contribution in [0.2, 0.25) is 0 Å². The summed E-state index contributed by atoms with van der Waals surface area (Å²) in [5, 5.41) is 10.4. The van der Waals surface area contributed by atoms with Gasteiger partial charge in [-0.2, -0.15) is 0 Å². The molecule has 92 valence electrons. The van der Waals surface area contributed by atoms with E-state index in [-0.39, 0.29) is 6.10 Å². The summed E-state index contributed by atoms with van der Waals surface area (Å²) in [6.45, 7) is 2.65. The molecule has 17 heavy (non-hydrogen) atoms. The summed E-state index contributed by atoms with van der Waals surface area (Å²) in [5.41, 5.74) is 1.02. The number of rotatable bonds is 4. The number of aliphatic hydroxyl groups excluding tert-OH is 1. The van der Waals surface area contributed by atoms with Gasteiger partial charge < -0.3 is 9.84 Å². The molecule has 2 aliphatic rings. The average Bonchev–Trinajstić information content (AvgIpc) is 2.96. The average molecular weight is 232 g/mol. The minimum Gasteiger partial charge on any atom is -0.494 e. The zero-order valence-electron chi connectivity index (χ0n) is 10.3. The highest BCUT2D eigenvalue weighted by Crippen LogP contribution is 2.57. The first kappa shape index (κ1) is 11.1. The molecule has 1 aromatic carbocycles. The van der Waals surface area contributed by atoms with E-state index in [0.29, 0.717) is 12.5 Å². The third-order valence-corrected chi connectivity index (χ3v) is 4.24. The van der Waals surface area contributed by atoms with Gasteiger partial charge in [0, 0.05) is 0 Å². The van der Waals surface area contributed by atoms with Crippen molar-refractivity contribution < 1.29 is 9.84 Å². The van der Waals surface area contributed by atoms with Crippen LogP contribution in [0.5, 0.6) is 5.75 Å². The normalized spacial score (nSPS) is 32.0. The molecule has 2 fully saturated rings. The zero-order valence-corrected chi connectivity index (χ0v) is 10.3. The Labute approximate surface area is 103 Å². The van der Waals surface area contributed by atoms with E-state index in [1.54, 1.807) is 0 Å². The Morgan fingerprint density at radius 2 is 2.06 bits per heavy atom. The highest BCUT2D eigenvalue weighted by Gasteiger charge is 2.47. The van der Waals surface area contributed by atoms with Crippen LogP contribution in [0.3, 0.4) is 0 Å². The van der Waals surface area contributed by atoms with Gasteiger partial charge in [0.25, 0.3) is 0 Å². The van der Waals surface area contributed by atoms with Crippen molar-refractivity contribution in [1.29, 1.82) is 0 Å². The minimum absolute atomic E-state index is 0.303. The van der Waals surface area contributed by atoms with Gasteiger partial charge in [-0.25, -0.2) is 0 Å². The number of ether oxygens (including phenoxy) is 1. The SMILES string of the molecule is CCOc1cccc(C(O)C2CC3CC3C2)c1. The third-order valence-electron chi connectivity index (χ3n) is 4.24. The molecule has 0 aliphatic heterocycles. The van der Waals surface area contributed by atoms with Crippen molar-refractivity contribution in [2.45, 2.75) is 32.3 Å². The summed E-state index contributed by atoms with van der Waals surface area (Å²) >= 11 is 0. The largest absolute Gasteiger partial charge is 0.494 e. The lowest BCUT2D eigenvalue weighted by Crippen LogP contribution is -2.11. The van der Waals surface area contributed by atoms with Crippen molar-refractivity contribution in [1.82, 2.24) is 0 Å². The van der Waals surface area contributed by atoms with Crippen LogP contribution in [0.15, 0.2) is 24.3 Å². The highest BCUT2D eigenvalue weighted by molar-refractivity contribution is 5.30. The highest BCUT2D eigenvalue weighted by atomic mass is 16.5. The summed E-state index contributed by atoms with van der Waals surface area (Å²) in [6, 6.07) is 7.92. The molecule has 2 heteroatoms. The summed E-state index contributed by atoms with van der Waals surface area (Å²) < 4.78 is 5.48. The first-order chi connectivity index (χ1) is 8.28. The second kappa shape index (κ2) is 4.34. The number of aliphatic hydroxyl groups is 1. The van der Waals surface area contributed by atoms with Crippen LogP contribution in [-0.2, 0) is 0 Å². The number of benzene rings is 1. The Hall–Kier alpha value is -1.02. The Morgan fingerprint density at radius 3 is 2.76 bits per heavy atom. The molecular weight excluding hydrogens is 212 g/mol. The molecule has 2 nitrogen and oxygen atoms in total. The lowest BCUT2D eigenvalue weighted by Gasteiger charge is -2.20. The van der Waals surface area contributed by atoms with Crippen LogP contribution >= 0.6 is 0 Å². The first-order valence-corrected chi connectivity index (χ1v) is 6.68. The van der Waals surface area contributed by atoms with Crippen LogP contribution in [0, 0.1) is 17.8 Å². The van der Waals surface area contributed by atoms with E-state index in [4.69, 9.17) is 4.74 Å². The Bertz CT molecular complexity index is 392. The molecule has 0 spiro atoms. The fourth-order valence-corrected chi connectivity index (χ4v) is 3.25. The fourth-order valence-electron chi connectivity index (χ4n) is 3.25. The maximum Gasteiger partial charge on any atom is 0.119 e. The third kappa shape index (κ3) is 2.19. The molecule has 0 bridgehead atoms. The number of hydrogen-bond acceptors (Lipinski definition) is 2. The topological polar surface area (TPSA) is 29.5 Å². The van der Waals surface area contributed by atoms with E-state index in [2.05, 4.69) is 0 Å². The first-order valence-electron chi connectivity index (χ1n) is 6.68. The van der Waals surface area contributed by atoms with Crippen molar-refractivity contribution in [2.24, 2.45) is 17.8 Å². The Balaban J connectivity index is 1.71. The second-order valence-corrected chi connectivity index (χ2v) is 5.44. The van der Waals surface area contributed by atoms with E-state index in [0.717, 1.165) is 23.1 Å². The molecule has 1 N–H and O–H groups in total. The van der Waals surface area contributed by atoms with Crippen LogP contribution < -0.4 is 4.74 Å². The van der Waals surface area contributed by atoms with Crippen molar-refractivity contribution in [3.8, 4) is 5.75 Å². The number of hydrogen-bond donors (Lipinski definition) is 1. The van der Waals surface area contributed by atoms with Crippen molar-refractivity contribution in [3.63, 3.8) is 0 Å². The second-order valence-electron chi connectivity index (χ2n) is 5.44. The molecular formula is C15H20O2. The van der Waals surface area contributed by atoms with E-state index >= 15 is 0 Å². The molecule has 0 heterocycles. The predicted molar refractivity (Wildman–Crippen MR) is 66.9 cm³/mol. The standard InChI is InChI=1S/C15H20O2/c1-2-17-14-5-3-4-10(9-14)15(16)13-7-11-6-12(11)8-13/h3-5,9,11-13,15-16H,2,6-8H2,1H3. The van der Waals surface area contributed by atoms with Gasteiger partial charge in [-0.1, -0.05) is 12.1 Å². The maximum atomic E-state index is 10.4. The zero-order chi connectivity index (χ0) is 11.8. The van der Waals surface area contributed by atoms with Crippen LogP contribution in [0.25, 0.3) is 0 Å². The van der Waals surface area contributed by atoms with Gasteiger partial charge in [-0.05, 0) is 61.6 Å². The molecule has 2 saturated carbocycles. The molecule has 0 amide bonds. The van der Waals surface area contributed by atoms with Gasteiger partial charge >= 0.3 is 0 Å². The lowest BCUT2D eigenvalue weighted by molar-refractivity contribution is 0.104. The van der Waals surface area contributed by atoms with Gasteiger partial charge in [-0.3, -0.25) is 0 Å². The van der Waals surface area contributed by atoms with Crippen molar-refractivity contribution in [2.75, 3.05) is 6.61 Å². The molecule has 0 saturated heterocycles. The molecule has 1 aromatic rings. The van der Waals surface area contributed by atoms with E-state index in [1.165, 1.54) is 19.3 Å². The molecule has 3 unspecified atom stereocenters. The monoisotopic (exact) mass is 232 g/mol. The maximum absolute atomic E-state index is 10.4. The van der Waals surface area contributed by atoms with Crippen LogP contribution in [-0.4, -0.2) is 11.7 Å². The molecule has 3 rings (SSSR count). The molecule has 0 aromatic heterocycles. The van der Waals surface area contributed by atoms with Crippen LogP contribution in [0.4, 0.5) is 0 Å². The van der Waals surface area contributed by atoms with E-state index in [1.807, 2.05) is 31.2 Å². The van der Waals surface area contributed by atoms with Crippen molar-refractivity contribution >= 4 is 0 Å². The fraction of sp³-hybridized carbons (Fsp3) is 0.600. The molecule has 3 atom stereocenters. The van der Waals surface area contributed by atoms with Gasteiger partial charge in [0.05, 0.1) is 12.7 Å². The Kier molecular flexibility index (Phi) is 2.83. The smallest absolute Gasteiger partial charge is 0.119 e. The number of fused-ring (bicyclic) bond motifs is 1. The minimum atomic E-state index is -0.303. The van der Waals surface area contributed by atoms with Gasteiger partial charge in [0.15, 0.2) is 0 Å². The summed E-state index contributed by atoms with van der Waals surface area (Å²) in [6.07, 6.45) is 3.53.